The number of carbonyl (C=O) groups is 2. The Morgan fingerprint density at radius 3 is 2.55 bits per heavy atom. The Morgan fingerprint density at radius 1 is 1.15 bits per heavy atom. The van der Waals surface area contributed by atoms with Crippen LogP contribution in [0.15, 0.2) is 42.5 Å². The zero-order chi connectivity index (χ0) is 24.2. The lowest BCUT2D eigenvalue weighted by Crippen LogP contribution is -2.50. The van der Waals surface area contributed by atoms with Crippen molar-refractivity contribution < 1.29 is 27.5 Å². The minimum absolute atomic E-state index is 0.0370. The van der Waals surface area contributed by atoms with E-state index in [0.717, 1.165) is 4.31 Å². The number of carbonyl (C=O) groups excluding carboxylic acids is 2. The number of fused-ring (bicyclic) bond motifs is 1. The van der Waals surface area contributed by atoms with Gasteiger partial charge in [-0.25, -0.2) is 8.42 Å². The summed E-state index contributed by atoms with van der Waals surface area (Å²) in [5, 5.41) is 3.02. The van der Waals surface area contributed by atoms with Crippen LogP contribution < -0.4 is 19.1 Å². The lowest BCUT2D eigenvalue weighted by Gasteiger charge is -2.31. The van der Waals surface area contributed by atoms with Crippen molar-refractivity contribution in [2.75, 3.05) is 30.4 Å². The lowest BCUT2D eigenvalue weighted by atomic mass is 10.1. The highest BCUT2D eigenvalue weighted by molar-refractivity contribution is 7.92. The molecule has 2 amide bonds. The maximum atomic E-state index is 13.4. The summed E-state index contributed by atoms with van der Waals surface area (Å²) >= 11 is 6.07. The molecule has 2 aromatic rings. The van der Waals surface area contributed by atoms with Gasteiger partial charge in [0.25, 0.3) is 0 Å². The molecule has 0 saturated carbocycles. The Hall–Kier alpha value is -2.98. The SMILES string of the molecule is CCS(=O)(=O)N(CC(=O)N(Cc1cccc(Cl)c1)[C@@H](C)C(=O)NC)c1ccc2c(c1)OCO2. The number of nitrogens with one attached hydrogen (secondary N) is 1. The summed E-state index contributed by atoms with van der Waals surface area (Å²) in [5.74, 6) is -0.242. The monoisotopic (exact) mass is 495 g/mol. The van der Waals surface area contributed by atoms with Gasteiger partial charge in [-0.2, -0.15) is 0 Å². The number of halogens is 1. The highest BCUT2D eigenvalue weighted by Crippen LogP contribution is 2.36. The summed E-state index contributed by atoms with van der Waals surface area (Å²) in [6, 6.07) is 10.7. The maximum Gasteiger partial charge on any atom is 0.244 e. The number of sulfonamides is 1. The van der Waals surface area contributed by atoms with Crippen LogP contribution in [0.1, 0.15) is 19.4 Å². The molecule has 0 spiro atoms. The number of ether oxygens (including phenoxy) is 2. The van der Waals surface area contributed by atoms with E-state index < -0.39 is 28.5 Å². The fourth-order valence-electron chi connectivity index (χ4n) is 3.38. The summed E-state index contributed by atoms with van der Waals surface area (Å²) in [6.07, 6.45) is 0. The van der Waals surface area contributed by atoms with E-state index in [4.69, 9.17) is 21.1 Å². The molecular weight excluding hydrogens is 470 g/mol. The Balaban J connectivity index is 1.94. The molecular formula is C22H26ClN3O6S. The Labute approximate surface area is 198 Å². The average Bonchev–Trinajstić information content (AvgIpc) is 3.27. The summed E-state index contributed by atoms with van der Waals surface area (Å²) in [7, 11) is -2.35. The molecule has 9 nitrogen and oxygen atoms in total. The molecule has 1 heterocycles. The highest BCUT2D eigenvalue weighted by Gasteiger charge is 2.31. The van der Waals surface area contributed by atoms with Crippen LogP contribution in [0.4, 0.5) is 5.69 Å². The van der Waals surface area contributed by atoms with E-state index >= 15 is 0 Å². The van der Waals surface area contributed by atoms with Crippen molar-refractivity contribution in [2.24, 2.45) is 0 Å². The quantitative estimate of drug-likeness (QED) is 0.572. The molecule has 0 bridgehead atoms. The summed E-state index contributed by atoms with van der Waals surface area (Å²) in [6.45, 7) is 2.71. The third-order valence-corrected chi connectivity index (χ3v) is 7.26. The first-order valence-electron chi connectivity index (χ1n) is 10.3. The maximum absolute atomic E-state index is 13.4. The van der Waals surface area contributed by atoms with Gasteiger partial charge in [-0.05, 0) is 43.7 Å². The van der Waals surface area contributed by atoms with Gasteiger partial charge in [-0.3, -0.25) is 13.9 Å². The first-order chi connectivity index (χ1) is 15.7. The number of likely N-dealkylation sites (N-methyl/N-ethyl adjacent to an activating group) is 1. The van der Waals surface area contributed by atoms with Gasteiger partial charge >= 0.3 is 0 Å². The van der Waals surface area contributed by atoms with Gasteiger partial charge in [-0.15, -0.1) is 0 Å². The van der Waals surface area contributed by atoms with E-state index in [-0.39, 0.29) is 30.7 Å². The zero-order valence-corrected chi connectivity index (χ0v) is 20.1. The summed E-state index contributed by atoms with van der Waals surface area (Å²) in [4.78, 5) is 27.1. The van der Waals surface area contributed by atoms with Gasteiger partial charge < -0.3 is 19.7 Å². The molecule has 33 heavy (non-hydrogen) atoms. The van der Waals surface area contributed by atoms with Crippen molar-refractivity contribution in [3.63, 3.8) is 0 Å². The second-order valence-corrected chi connectivity index (χ2v) is 10.0. The number of hydrogen-bond acceptors (Lipinski definition) is 6. The molecule has 3 rings (SSSR count). The minimum Gasteiger partial charge on any atom is -0.454 e. The molecule has 1 aliphatic heterocycles. The molecule has 1 N–H and O–H groups in total. The molecule has 0 unspecified atom stereocenters. The second kappa shape index (κ2) is 10.3. The number of hydrogen-bond donors (Lipinski definition) is 1. The number of anilines is 1. The summed E-state index contributed by atoms with van der Waals surface area (Å²) in [5.41, 5.74) is 0.976. The van der Waals surface area contributed by atoms with Crippen LogP contribution in [0.25, 0.3) is 0 Å². The first-order valence-corrected chi connectivity index (χ1v) is 12.3. The van der Waals surface area contributed by atoms with Gasteiger partial charge in [-0.1, -0.05) is 23.7 Å². The van der Waals surface area contributed by atoms with E-state index in [1.54, 1.807) is 43.3 Å². The van der Waals surface area contributed by atoms with Crippen molar-refractivity contribution in [1.82, 2.24) is 10.2 Å². The standard InChI is InChI=1S/C22H26ClN3O6S/c1-4-33(29,30)26(18-8-9-19-20(11-18)32-14-31-19)13-21(27)25(15(2)22(28)24-3)12-16-6-5-7-17(23)10-16/h5-11,15H,4,12-14H2,1-3H3,(H,24,28)/t15-/m0/s1. The third-order valence-electron chi connectivity index (χ3n) is 5.28. The van der Waals surface area contributed by atoms with Crippen LogP contribution in [-0.4, -0.2) is 57.3 Å². The van der Waals surface area contributed by atoms with Gasteiger partial charge in [0.05, 0.1) is 11.4 Å². The molecule has 178 valence electrons. The van der Waals surface area contributed by atoms with Crippen molar-refractivity contribution >= 4 is 39.1 Å². The van der Waals surface area contributed by atoms with Crippen LogP contribution in [0.3, 0.4) is 0 Å². The molecule has 11 heteroatoms. The van der Waals surface area contributed by atoms with Crippen LogP contribution >= 0.6 is 11.6 Å². The van der Waals surface area contributed by atoms with Crippen molar-refractivity contribution in [3.05, 3.63) is 53.1 Å². The Morgan fingerprint density at radius 2 is 1.88 bits per heavy atom. The highest BCUT2D eigenvalue weighted by atomic mass is 35.5. The van der Waals surface area contributed by atoms with Crippen LogP contribution in [0.2, 0.25) is 5.02 Å². The molecule has 0 aromatic heterocycles. The number of amides is 2. The first kappa shape index (κ1) is 24.7. The third kappa shape index (κ3) is 5.69. The lowest BCUT2D eigenvalue weighted by molar-refractivity contribution is -0.139. The Kier molecular flexibility index (Phi) is 7.70. The molecule has 2 aromatic carbocycles. The van der Waals surface area contributed by atoms with Gasteiger partial charge in [0.15, 0.2) is 11.5 Å². The summed E-state index contributed by atoms with van der Waals surface area (Å²) < 4.78 is 37.5. The van der Waals surface area contributed by atoms with Crippen molar-refractivity contribution in [1.29, 1.82) is 0 Å². The normalized spacial score (nSPS) is 13.3. The molecule has 1 aliphatic rings. The van der Waals surface area contributed by atoms with E-state index in [9.17, 15) is 18.0 Å². The molecule has 0 fully saturated rings. The largest absolute Gasteiger partial charge is 0.454 e. The topological polar surface area (TPSA) is 105 Å². The predicted octanol–water partition coefficient (Wildman–Crippen LogP) is 2.39. The van der Waals surface area contributed by atoms with Crippen LogP contribution in [0.5, 0.6) is 11.5 Å². The second-order valence-electron chi connectivity index (χ2n) is 7.39. The van der Waals surface area contributed by atoms with Gasteiger partial charge in [0, 0.05) is 24.7 Å². The fraction of sp³-hybridized carbons (Fsp3) is 0.364. The molecule has 0 aliphatic carbocycles. The Bertz CT molecular complexity index is 1140. The van der Waals surface area contributed by atoms with E-state index in [2.05, 4.69) is 5.32 Å². The zero-order valence-electron chi connectivity index (χ0n) is 18.6. The van der Waals surface area contributed by atoms with Gasteiger partial charge in [0.1, 0.15) is 12.6 Å². The van der Waals surface area contributed by atoms with Crippen LogP contribution in [0, 0.1) is 0 Å². The van der Waals surface area contributed by atoms with E-state index in [1.165, 1.54) is 24.9 Å². The van der Waals surface area contributed by atoms with Gasteiger partial charge in [0.2, 0.25) is 28.6 Å². The smallest absolute Gasteiger partial charge is 0.244 e. The predicted molar refractivity (Wildman–Crippen MR) is 125 cm³/mol. The molecule has 1 atom stereocenters. The van der Waals surface area contributed by atoms with E-state index in [1.807, 2.05) is 0 Å². The fourth-order valence-corrected chi connectivity index (χ4v) is 4.65. The van der Waals surface area contributed by atoms with Crippen molar-refractivity contribution in [3.8, 4) is 11.5 Å². The average molecular weight is 496 g/mol. The molecule has 0 saturated heterocycles. The molecule has 0 radical (unpaired) electrons. The van der Waals surface area contributed by atoms with Crippen LogP contribution in [-0.2, 0) is 26.2 Å². The van der Waals surface area contributed by atoms with Crippen molar-refractivity contribution in [2.45, 2.75) is 26.4 Å². The number of nitrogens with zero attached hydrogens (tertiary/aromatic N) is 2. The van der Waals surface area contributed by atoms with E-state index in [0.29, 0.717) is 22.1 Å². The number of benzene rings is 2. The minimum atomic E-state index is -3.82. The number of rotatable bonds is 9.